The van der Waals surface area contributed by atoms with E-state index in [9.17, 15) is 5.11 Å². The van der Waals surface area contributed by atoms with Gasteiger partial charge in [-0.25, -0.2) is 0 Å². The lowest BCUT2D eigenvalue weighted by Gasteiger charge is -2.25. The number of aliphatic hydroxyl groups is 1. The molecule has 0 radical (unpaired) electrons. The van der Waals surface area contributed by atoms with Gasteiger partial charge < -0.3 is 14.6 Å². The minimum atomic E-state index is -0.306. The maximum atomic E-state index is 10.1. The summed E-state index contributed by atoms with van der Waals surface area (Å²) in [6.07, 6.45) is 1.38. The van der Waals surface area contributed by atoms with Crippen LogP contribution in [0.15, 0.2) is 18.2 Å². The molecule has 0 spiro atoms. The molecule has 0 aliphatic carbocycles. The predicted octanol–water partition coefficient (Wildman–Crippen LogP) is 3.82. The highest BCUT2D eigenvalue weighted by Crippen LogP contribution is 2.30. The molecule has 0 saturated heterocycles. The van der Waals surface area contributed by atoms with Crippen molar-refractivity contribution in [3.63, 3.8) is 0 Å². The third-order valence-electron chi connectivity index (χ3n) is 3.30. The average Bonchev–Trinajstić information content (AvgIpc) is 2.34. The predicted molar refractivity (Wildman–Crippen MR) is 82.5 cm³/mol. The molecule has 114 valence electrons. The summed E-state index contributed by atoms with van der Waals surface area (Å²) in [5.74, 6) is 1.52. The molecule has 1 aromatic rings. The molecule has 3 nitrogen and oxygen atoms in total. The van der Waals surface area contributed by atoms with Crippen molar-refractivity contribution in [2.24, 2.45) is 5.41 Å². The van der Waals surface area contributed by atoms with E-state index in [-0.39, 0.29) is 17.6 Å². The van der Waals surface area contributed by atoms with Gasteiger partial charge in [-0.1, -0.05) is 26.8 Å². The van der Waals surface area contributed by atoms with Crippen LogP contribution in [0.25, 0.3) is 0 Å². The second kappa shape index (κ2) is 6.98. The molecule has 1 rings (SSSR count). The van der Waals surface area contributed by atoms with Crippen LogP contribution in [0.5, 0.6) is 11.5 Å². The van der Waals surface area contributed by atoms with Crippen LogP contribution in [0.4, 0.5) is 0 Å². The second-order valence-electron chi connectivity index (χ2n) is 6.57. The van der Waals surface area contributed by atoms with Crippen molar-refractivity contribution in [1.29, 1.82) is 0 Å². The molecule has 0 aliphatic heterocycles. The Hall–Kier alpha value is -1.22. The Morgan fingerprint density at radius 3 is 2.30 bits per heavy atom. The van der Waals surface area contributed by atoms with Crippen molar-refractivity contribution in [3.05, 3.63) is 23.8 Å². The van der Waals surface area contributed by atoms with Gasteiger partial charge in [-0.2, -0.15) is 0 Å². The first kappa shape index (κ1) is 16.8. The highest BCUT2D eigenvalue weighted by atomic mass is 16.5. The molecule has 0 aromatic heterocycles. The van der Waals surface area contributed by atoms with Crippen molar-refractivity contribution in [2.45, 2.75) is 59.7 Å². The van der Waals surface area contributed by atoms with Crippen molar-refractivity contribution in [3.8, 4) is 11.5 Å². The fraction of sp³-hybridized carbons (Fsp3) is 0.647. The lowest BCUT2D eigenvalue weighted by Crippen LogP contribution is -2.26. The molecule has 1 unspecified atom stereocenters. The van der Waals surface area contributed by atoms with Gasteiger partial charge in [0, 0.05) is 0 Å². The van der Waals surface area contributed by atoms with E-state index in [1.54, 1.807) is 7.11 Å². The maximum absolute atomic E-state index is 10.1. The SMILES string of the molecule is COc1ccc(CCC(O)C(C)(C)C)cc1OC(C)C. The summed E-state index contributed by atoms with van der Waals surface area (Å²) in [5.41, 5.74) is 1.08. The third-order valence-corrected chi connectivity index (χ3v) is 3.30. The van der Waals surface area contributed by atoms with E-state index in [0.29, 0.717) is 0 Å². The van der Waals surface area contributed by atoms with Gasteiger partial charge in [0.25, 0.3) is 0 Å². The molecule has 3 heteroatoms. The molecule has 1 aromatic carbocycles. The van der Waals surface area contributed by atoms with Crippen LogP contribution in [0.2, 0.25) is 0 Å². The van der Waals surface area contributed by atoms with Crippen LogP contribution in [-0.4, -0.2) is 24.4 Å². The number of methoxy groups -OCH3 is 1. The zero-order valence-electron chi connectivity index (χ0n) is 13.6. The summed E-state index contributed by atoms with van der Waals surface area (Å²) in [5, 5.41) is 10.1. The minimum Gasteiger partial charge on any atom is -0.493 e. The Bertz CT molecular complexity index is 419. The molecule has 0 aliphatic rings. The average molecular weight is 280 g/mol. The van der Waals surface area contributed by atoms with E-state index >= 15 is 0 Å². The molecule has 0 amide bonds. The Labute approximate surface area is 122 Å². The van der Waals surface area contributed by atoms with Gasteiger partial charge in [-0.3, -0.25) is 0 Å². The molecule has 1 atom stereocenters. The molecule has 0 saturated carbocycles. The van der Waals surface area contributed by atoms with Gasteiger partial charge >= 0.3 is 0 Å². The van der Waals surface area contributed by atoms with E-state index in [4.69, 9.17) is 9.47 Å². The molecule has 0 heterocycles. The van der Waals surface area contributed by atoms with E-state index in [0.717, 1.165) is 29.9 Å². The van der Waals surface area contributed by atoms with Crippen molar-refractivity contribution < 1.29 is 14.6 Å². The van der Waals surface area contributed by atoms with Gasteiger partial charge in [0.2, 0.25) is 0 Å². The highest BCUT2D eigenvalue weighted by Gasteiger charge is 2.21. The Morgan fingerprint density at radius 1 is 1.15 bits per heavy atom. The molecule has 0 bridgehead atoms. The van der Waals surface area contributed by atoms with E-state index in [1.807, 2.05) is 32.0 Å². The van der Waals surface area contributed by atoms with Gasteiger partial charge in [-0.05, 0) is 49.8 Å². The summed E-state index contributed by atoms with van der Waals surface area (Å²) in [7, 11) is 1.64. The lowest BCUT2D eigenvalue weighted by atomic mass is 9.86. The third kappa shape index (κ3) is 5.04. The number of hydrogen-bond acceptors (Lipinski definition) is 3. The van der Waals surface area contributed by atoms with Crippen LogP contribution >= 0.6 is 0 Å². The van der Waals surface area contributed by atoms with Crippen molar-refractivity contribution in [1.82, 2.24) is 0 Å². The second-order valence-corrected chi connectivity index (χ2v) is 6.57. The Kier molecular flexibility index (Phi) is 5.88. The summed E-state index contributed by atoms with van der Waals surface area (Å²) in [6.45, 7) is 10.2. The molecule has 20 heavy (non-hydrogen) atoms. The van der Waals surface area contributed by atoms with E-state index < -0.39 is 0 Å². The Balaban J connectivity index is 2.76. The molecular weight excluding hydrogens is 252 g/mol. The zero-order chi connectivity index (χ0) is 15.3. The van der Waals surface area contributed by atoms with Crippen molar-refractivity contribution >= 4 is 0 Å². The summed E-state index contributed by atoms with van der Waals surface area (Å²) < 4.78 is 11.1. The van der Waals surface area contributed by atoms with Gasteiger partial charge in [0.1, 0.15) is 0 Å². The fourth-order valence-electron chi connectivity index (χ4n) is 1.96. The summed E-state index contributed by atoms with van der Waals surface area (Å²) in [4.78, 5) is 0. The Morgan fingerprint density at radius 2 is 1.80 bits per heavy atom. The smallest absolute Gasteiger partial charge is 0.161 e. The fourth-order valence-corrected chi connectivity index (χ4v) is 1.96. The largest absolute Gasteiger partial charge is 0.493 e. The monoisotopic (exact) mass is 280 g/mol. The molecular formula is C17H28O3. The van der Waals surface area contributed by atoms with Crippen LogP contribution in [0, 0.1) is 5.41 Å². The first-order chi connectivity index (χ1) is 9.24. The number of aliphatic hydroxyl groups excluding tert-OH is 1. The van der Waals surface area contributed by atoms with E-state index in [1.165, 1.54) is 0 Å². The van der Waals surface area contributed by atoms with Crippen LogP contribution in [0.3, 0.4) is 0 Å². The standard InChI is InChI=1S/C17H28O3/c1-12(2)20-15-11-13(7-9-14(15)19-6)8-10-16(18)17(3,4)5/h7,9,11-12,16,18H,8,10H2,1-6H3. The topological polar surface area (TPSA) is 38.7 Å². The highest BCUT2D eigenvalue weighted by molar-refractivity contribution is 5.43. The van der Waals surface area contributed by atoms with Gasteiger partial charge in [0.05, 0.1) is 19.3 Å². The van der Waals surface area contributed by atoms with E-state index in [2.05, 4.69) is 20.8 Å². The zero-order valence-corrected chi connectivity index (χ0v) is 13.6. The van der Waals surface area contributed by atoms with Crippen LogP contribution in [0.1, 0.15) is 46.6 Å². The number of benzene rings is 1. The number of hydrogen-bond donors (Lipinski definition) is 1. The maximum Gasteiger partial charge on any atom is 0.161 e. The normalized spacial score (nSPS) is 13.4. The lowest BCUT2D eigenvalue weighted by molar-refractivity contribution is 0.0560. The number of ether oxygens (including phenoxy) is 2. The summed E-state index contributed by atoms with van der Waals surface area (Å²) in [6, 6.07) is 5.96. The molecule has 1 N–H and O–H groups in total. The minimum absolute atomic E-state index is 0.0796. The quantitative estimate of drug-likeness (QED) is 0.861. The summed E-state index contributed by atoms with van der Waals surface area (Å²) >= 11 is 0. The number of rotatable bonds is 6. The van der Waals surface area contributed by atoms with Crippen molar-refractivity contribution in [2.75, 3.05) is 7.11 Å². The number of aryl methyl sites for hydroxylation is 1. The first-order valence-corrected chi connectivity index (χ1v) is 7.25. The van der Waals surface area contributed by atoms with Gasteiger partial charge in [-0.15, -0.1) is 0 Å². The van der Waals surface area contributed by atoms with Crippen LogP contribution in [-0.2, 0) is 6.42 Å². The van der Waals surface area contributed by atoms with Gasteiger partial charge in [0.15, 0.2) is 11.5 Å². The first-order valence-electron chi connectivity index (χ1n) is 7.25. The van der Waals surface area contributed by atoms with Crippen LogP contribution < -0.4 is 9.47 Å². The molecule has 0 fully saturated rings.